The van der Waals surface area contributed by atoms with E-state index in [1.165, 1.54) is 76.6 Å². The van der Waals surface area contributed by atoms with Crippen molar-refractivity contribution in [2.45, 2.75) is 0 Å². The van der Waals surface area contributed by atoms with E-state index in [2.05, 4.69) is 310 Å². The van der Waals surface area contributed by atoms with Crippen molar-refractivity contribution in [2.75, 3.05) is 9.80 Å². The highest BCUT2D eigenvalue weighted by Gasteiger charge is 2.20. The summed E-state index contributed by atoms with van der Waals surface area (Å²) < 4.78 is 4.79. The first-order valence-electron chi connectivity index (χ1n) is 25.3. The maximum absolute atomic E-state index is 2.40. The van der Waals surface area contributed by atoms with Crippen LogP contribution >= 0.6 is 0 Å². The first kappa shape index (κ1) is 42.9. The lowest BCUT2D eigenvalue weighted by Crippen LogP contribution is -2.09. The van der Waals surface area contributed by atoms with E-state index in [0.29, 0.717) is 0 Å². The predicted molar refractivity (Wildman–Crippen MR) is 313 cm³/mol. The number of aromatic nitrogens is 2. The molecule has 0 aliphatic carbocycles. The fraction of sp³-hybridized carbons (Fsp3) is 0. The van der Waals surface area contributed by atoms with Crippen molar-refractivity contribution >= 4 is 88.5 Å². The number of anilines is 6. The molecule has 0 saturated carbocycles. The van der Waals surface area contributed by atoms with Crippen molar-refractivity contribution in [3.8, 4) is 33.6 Å². The molecule has 0 N–H and O–H groups in total. The maximum Gasteiger partial charge on any atom is 0.0542 e. The van der Waals surface area contributed by atoms with E-state index >= 15 is 0 Å². The highest BCUT2D eigenvalue weighted by molar-refractivity contribution is 6.12. The fourth-order valence-corrected chi connectivity index (χ4v) is 11.2. The van der Waals surface area contributed by atoms with Gasteiger partial charge in [0.2, 0.25) is 0 Å². The van der Waals surface area contributed by atoms with Crippen molar-refractivity contribution in [1.29, 1.82) is 0 Å². The Morgan fingerprint density at radius 2 is 0.514 bits per heavy atom. The quantitative estimate of drug-likeness (QED) is 0.136. The summed E-state index contributed by atoms with van der Waals surface area (Å²) in [5, 5.41) is 7.33. The molecule has 74 heavy (non-hydrogen) atoms. The van der Waals surface area contributed by atoms with E-state index in [0.717, 1.165) is 45.5 Å². The number of benzene rings is 12. The largest absolute Gasteiger partial charge is 0.310 e. The fourth-order valence-electron chi connectivity index (χ4n) is 11.2. The zero-order chi connectivity index (χ0) is 49.0. The van der Waals surface area contributed by atoms with E-state index in [1.54, 1.807) is 0 Å². The Labute approximate surface area is 430 Å². The number of hydrogen-bond acceptors (Lipinski definition) is 2. The van der Waals surface area contributed by atoms with Gasteiger partial charge in [0, 0.05) is 67.0 Å². The molecule has 4 nitrogen and oxygen atoms in total. The average molecular weight is 945 g/mol. The predicted octanol–water partition coefficient (Wildman–Crippen LogP) is 19.3. The number of rotatable bonds is 10. The van der Waals surface area contributed by atoms with Gasteiger partial charge in [0.05, 0.1) is 22.1 Å². The van der Waals surface area contributed by atoms with Gasteiger partial charge in [0.1, 0.15) is 0 Å². The van der Waals surface area contributed by atoms with Crippen molar-refractivity contribution in [1.82, 2.24) is 9.13 Å². The van der Waals surface area contributed by atoms with Crippen molar-refractivity contribution < 1.29 is 0 Å². The van der Waals surface area contributed by atoms with Crippen LogP contribution in [-0.2, 0) is 0 Å². The minimum atomic E-state index is 1.12. The Balaban J connectivity index is 0.749. The second-order valence-electron chi connectivity index (χ2n) is 19.0. The molecule has 0 saturated heterocycles. The summed E-state index contributed by atoms with van der Waals surface area (Å²) in [6.45, 7) is 0. The molecule has 348 valence electrons. The van der Waals surface area contributed by atoms with Gasteiger partial charge in [-0.3, -0.25) is 0 Å². The van der Waals surface area contributed by atoms with Crippen LogP contribution in [0, 0.1) is 0 Å². The molecule has 0 aliphatic rings. The molecule has 0 radical (unpaired) electrons. The van der Waals surface area contributed by atoms with E-state index < -0.39 is 0 Å². The van der Waals surface area contributed by atoms with Gasteiger partial charge in [-0.05, 0) is 166 Å². The SMILES string of the molecule is c1ccc(N(c2ccccc2)c2ccc3c(c2)c2ccccc2n3-c2ccc(-c3ccc4cc(-c5ccc(-n6c7ccccc7c7cc(N(c8ccccc8)c8ccccc8)ccc76)cc5)ccc4c3)cc2)cc1. The number of fused-ring (bicyclic) bond motifs is 7. The molecule has 14 rings (SSSR count). The number of para-hydroxylation sites is 6. The summed E-state index contributed by atoms with van der Waals surface area (Å²) in [6.07, 6.45) is 0. The Morgan fingerprint density at radius 1 is 0.203 bits per heavy atom. The van der Waals surface area contributed by atoms with Crippen LogP contribution in [0.1, 0.15) is 0 Å². The van der Waals surface area contributed by atoms with Crippen molar-refractivity contribution in [3.63, 3.8) is 0 Å². The van der Waals surface area contributed by atoms with Gasteiger partial charge >= 0.3 is 0 Å². The molecule has 0 atom stereocenters. The van der Waals surface area contributed by atoms with Gasteiger partial charge in [-0.25, -0.2) is 0 Å². The van der Waals surface area contributed by atoms with Crippen molar-refractivity contribution in [3.05, 3.63) is 291 Å². The zero-order valence-corrected chi connectivity index (χ0v) is 40.5. The monoisotopic (exact) mass is 944 g/mol. The van der Waals surface area contributed by atoms with E-state index in [-0.39, 0.29) is 0 Å². The molecule has 2 aromatic heterocycles. The van der Waals surface area contributed by atoms with Crippen LogP contribution in [-0.4, -0.2) is 9.13 Å². The van der Waals surface area contributed by atoms with Gasteiger partial charge in [-0.2, -0.15) is 0 Å². The second-order valence-corrected chi connectivity index (χ2v) is 19.0. The smallest absolute Gasteiger partial charge is 0.0542 e. The third-order valence-corrected chi connectivity index (χ3v) is 14.6. The van der Waals surface area contributed by atoms with Crippen LogP contribution < -0.4 is 9.80 Å². The van der Waals surface area contributed by atoms with Gasteiger partial charge in [0.25, 0.3) is 0 Å². The maximum atomic E-state index is 2.40. The van der Waals surface area contributed by atoms with Gasteiger partial charge < -0.3 is 18.9 Å². The third-order valence-electron chi connectivity index (χ3n) is 14.6. The molecule has 14 aromatic rings. The van der Waals surface area contributed by atoms with Crippen molar-refractivity contribution in [2.24, 2.45) is 0 Å². The Morgan fingerprint density at radius 3 is 0.878 bits per heavy atom. The van der Waals surface area contributed by atoms with Gasteiger partial charge in [-0.15, -0.1) is 0 Å². The lowest BCUT2D eigenvalue weighted by Gasteiger charge is -2.25. The molecule has 4 heteroatoms. The van der Waals surface area contributed by atoms with Crippen LogP contribution in [0.25, 0.3) is 88.0 Å². The molecule has 12 aromatic carbocycles. The Bertz CT molecular complexity index is 3970. The molecule has 0 aliphatic heterocycles. The minimum absolute atomic E-state index is 1.12. The van der Waals surface area contributed by atoms with Crippen LogP contribution in [0.5, 0.6) is 0 Å². The summed E-state index contributed by atoms with van der Waals surface area (Å²) in [6, 6.07) is 105. The highest BCUT2D eigenvalue weighted by Crippen LogP contribution is 2.42. The Hall–Kier alpha value is -9.90. The van der Waals surface area contributed by atoms with E-state index in [1.807, 2.05) is 0 Å². The summed E-state index contributed by atoms with van der Waals surface area (Å²) >= 11 is 0. The average Bonchev–Trinajstić information content (AvgIpc) is 3.99. The van der Waals surface area contributed by atoms with E-state index in [9.17, 15) is 0 Å². The minimum Gasteiger partial charge on any atom is -0.310 e. The van der Waals surface area contributed by atoms with Crippen LogP contribution in [0.4, 0.5) is 34.1 Å². The summed E-state index contributed by atoms with van der Waals surface area (Å²) in [7, 11) is 0. The van der Waals surface area contributed by atoms with E-state index in [4.69, 9.17) is 0 Å². The van der Waals surface area contributed by atoms with Crippen LogP contribution in [0.15, 0.2) is 291 Å². The molecule has 0 spiro atoms. The second kappa shape index (κ2) is 18.1. The topological polar surface area (TPSA) is 16.3 Å². The number of hydrogen-bond donors (Lipinski definition) is 0. The molecule has 0 unspecified atom stereocenters. The molecule has 0 bridgehead atoms. The standard InChI is InChI=1S/C70H48N4/c1-5-17-55(18-6-1)71(56-19-7-2-8-20-56)61-41-43-69-65(47-61)63-25-13-15-27-67(63)73(69)59-37-33-49(34-38-59)51-29-31-54-46-52(30-32-53(54)45-51)50-35-39-60(40-36-50)74-68-28-16-14-26-64(68)66-48-62(42-44-70(66)74)72(57-21-9-3-10-22-57)58-23-11-4-12-24-58/h1-48H. The highest BCUT2D eigenvalue weighted by atomic mass is 15.1. The molecule has 2 heterocycles. The van der Waals surface area contributed by atoms with Crippen LogP contribution in [0.2, 0.25) is 0 Å². The summed E-state index contributed by atoms with van der Waals surface area (Å²) in [4.78, 5) is 4.66. The van der Waals surface area contributed by atoms with Crippen LogP contribution in [0.3, 0.4) is 0 Å². The lowest BCUT2D eigenvalue weighted by atomic mass is 9.97. The summed E-state index contributed by atoms with van der Waals surface area (Å²) in [5.74, 6) is 0. The third kappa shape index (κ3) is 7.48. The molecule has 0 amide bonds. The number of nitrogens with zero attached hydrogens (tertiary/aromatic N) is 4. The van der Waals surface area contributed by atoms with Gasteiger partial charge in [-0.1, -0.05) is 158 Å². The first-order valence-corrected chi connectivity index (χ1v) is 25.3. The normalized spacial score (nSPS) is 11.5. The molecular weight excluding hydrogens is 897 g/mol. The van der Waals surface area contributed by atoms with Gasteiger partial charge in [0.15, 0.2) is 0 Å². The lowest BCUT2D eigenvalue weighted by molar-refractivity contribution is 1.18. The Kier molecular flexibility index (Phi) is 10.5. The summed E-state index contributed by atoms with van der Waals surface area (Å²) in [5.41, 5.74) is 18.5. The first-order chi connectivity index (χ1) is 36.7. The molecule has 0 fully saturated rings. The zero-order valence-electron chi connectivity index (χ0n) is 40.5. The molecular formula is C70H48N4.